The number of alkyl halides is 3. The number of aromatic nitrogens is 3. The van der Waals surface area contributed by atoms with Gasteiger partial charge in [0.2, 0.25) is 0 Å². The van der Waals surface area contributed by atoms with Crippen LogP contribution in [0.5, 0.6) is 5.75 Å². The molecule has 1 atom stereocenters. The number of fused-ring (bicyclic) bond motifs is 1. The van der Waals surface area contributed by atoms with Crippen molar-refractivity contribution in [2.45, 2.75) is 38.0 Å². The minimum Gasteiger partial charge on any atom is -0.496 e. The first-order valence-electron chi connectivity index (χ1n) is 8.39. The van der Waals surface area contributed by atoms with E-state index in [1.54, 1.807) is 11.6 Å². The molecule has 0 spiro atoms. The van der Waals surface area contributed by atoms with Crippen LogP contribution in [-0.4, -0.2) is 33.4 Å². The van der Waals surface area contributed by atoms with E-state index in [9.17, 15) is 22.8 Å². The molecule has 0 aliphatic carbocycles. The first kappa shape index (κ1) is 19.0. The maximum absolute atomic E-state index is 13.1. The van der Waals surface area contributed by atoms with Crippen molar-refractivity contribution in [3.63, 3.8) is 0 Å². The van der Waals surface area contributed by atoms with Crippen LogP contribution >= 0.6 is 0 Å². The Morgan fingerprint density at radius 1 is 1.33 bits per heavy atom. The molecule has 0 saturated carbocycles. The monoisotopic (exact) mass is 384 g/mol. The second-order valence-corrected chi connectivity index (χ2v) is 6.38. The highest BCUT2D eigenvalue weighted by atomic mass is 19.4. The SMILES string of the molecule is COc1ccc(C(=O)NC2CCc3nn(C)c(=O)n3CC2)cc1C(F)(F)F. The summed E-state index contributed by atoms with van der Waals surface area (Å²) in [7, 11) is 2.72. The van der Waals surface area contributed by atoms with Gasteiger partial charge in [-0.2, -0.15) is 18.3 Å². The molecular weight excluding hydrogens is 365 g/mol. The molecule has 10 heteroatoms. The summed E-state index contributed by atoms with van der Waals surface area (Å²) in [6, 6.07) is 2.94. The van der Waals surface area contributed by atoms with Crippen molar-refractivity contribution in [2.75, 3.05) is 7.11 Å². The highest BCUT2D eigenvalue weighted by molar-refractivity contribution is 5.94. The third-order valence-corrected chi connectivity index (χ3v) is 4.60. The lowest BCUT2D eigenvalue weighted by atomic mass is 10.1. The van der Waals surface area contributed by atoms with Crippen LogP contribution < -0.4 is 15.7 Å². The van der Waals surface area contributed by atoms with E-state index < -0.39 is 17.6 Å². The minimum absolute atomic E-state index is 0.0963. The van der Waals surface area contributed by atoms with E-state index >= 15 is 0 Å². The van der Waals surface area contributed by atoms with Gasteiger partial charge in [0.25, 0.3) is 5.91 Å². The number of rotatable bonds is 3. The molecule has 0 saturated heterocycles. The number of hydrogen-bond donors (Lipinski definition) is 1. The topological polar surface area (TPSA) is 78.2 Å². The fourth-order valence-electron chi connectivity index (χ4n) is 3.18. The molecule has 1 unspecified atom stereocenters. The smallest absolute Gasteiger partial charge is 0.419 e. The molecule has 1 aromatic carbocycles. The molecule has 2 aromatic rings. The molecule has 1 aliphatic heterocycles. The van der Waals surface area contributed by atoms with E-state index in [2.05, 4.69) is 10.4 Å². The van der Waals surface area contributed by atoms with Gasteiger partial charge in [-0.05, 0) is 31.0 Å². The second kappa shape index (κ2) is 7.09. The summed E-state index contributed by atoms with van der Waals surface area (Å²) in [5.74, 6) is -0.293. The molecule has 3 rings (SSSR count). The standard InChI is InChI=1S/C17H19F3N4O3/c1-23-16(26)24-8-7-11(4-6-14(24)22-23)21-15(25)10-3-5-13(27-2)12(9-10)17(18,19)20/h3,5,9,11H,4,6-8H2,1-2H3,(H,21,25). The normalized spacial score (nSPS) is 17.1. The Bertz CT molecular complexity index is 917. The molecule has 1 aromatic heterocycles. The highest BCUT2D eigenvalue weighted by Crippen LogP contribution is 2.36. The number of carbonyl (C=O) groups excluding carboxylic acids is 1. The largest absolute Gasteiger partial charge is 0.496 e. The Balaban J connectivity index is 1.74. The maximum atomic E-state index is 13.1. The summed E-state index contributed by atoms with van der Waals surface area (Å²) in [5, 5.41) is 6.91. The van der Waals surface area contributed by atoms with Crippen LogP contribution in [-0.2, 0) is 26.2 Å². The van der Waals surface area contributed by atoms with Crippen LogP contribution in [0.3, 0.4) is 0 Å². The van der Waals surface area contributed by atoms with Crippen molar-refractivity contribution in [3.8, 4) is 5.75 Å². The van der Waals surface area contributed by atoms with E-state index in [0.717, 1.165) is 19.2 Å². The molecule has 0 bridgehead atoms. The van der Waals surface area contributed by atoms with E-state index in [1.807, 2.05) is 0 Å². The van der Waals surface area contributed by atoms with Gasteiger partial charge >= 0.3 is 11.9 Å². The zero-order valence-corrected chi connectivity index (χ0v) is 14.8. The van der Waals surface area contributed by atoms with Gasteiger partial charge in [-0.3, -0.25) is 9.36 Å². The van der Waals surface area contributed by atoms with Crippen molar-refractivity contribution in [1.82, 2.24) is 19.7 Å². The lowest BCUT2D eigenvalue weighted by molar-refractivity contribution is -0.138. The average molecular weight is 384 g/mol. The zero-order valence-electron chi connectivity index (χ0n) is 14.8. The molecule has 146 valence electrons. The number of halogens is 3. The molecule has 0 fully saturated rings. The number of methoxy groups -OCH3 is 1. The number of ether oxygens (including phenoxy) is 1. The Kier molecular flexibility index (Phi) is 4.99. The number of hydrogen-bond acceptors (Lipinski definition) is 4. The van der Waals surface area contributed by atoms with Crippen LogP contribution in [0.1, 0.15) is 34.6 Å². The van der Waals surface area contributed by atoms with Crippen LogP contribution in [0, 0.1) is 0 Å². The Labute approximate surface area is 152 Å². The summed E-state index contributed by atoms with van der Waals surface area (Å²) < 4.78 is 46.9. The van der Waals surface area contributed by atoms with Gasteiger partial charge in [-0.15, -0.1) is 0 Å². The van der Waals surface area contributed by atoms with Crippen LogP contribution in [0.25, 0.3) is 0 Å². The number of nitrogens with zero attached hydrogens (tertiary/aromatic N) is 3. The lowest BCUT2D eigenvalue weighted by Gasteiger charge is -2.17. The Morgan fingerprint density at radius 3 is 2.74 bits per heavy atom. The fourth-order valence-corrected chi connectivity index (χ4v) is 3.18. The molecule has 27 heavy (non-hydrogen) atoms. The summed E-state index contributed by atoms with van der Waals surface area (Å²) >= 11 is 0. The minimum atomic E-state index is -4.63. The van der Waals surface area contributed by atoms with Gasteiger partial charge in [0, 0.05) is 31.6 Å². The van der Waals surface area contributed by atoms with Gasteiger partial charge in [0.05, 0.1) is 12.7 Å². The quantitative estimate of drug-likeness (QED) is 0.875. The molecular formula is C17H19F3N4O3. The number of aryl methyl sites for hydroxylation is 2. The van der Waals surface area contributed by atoms with Crippen molar-refractivity contribution in [3.05, 3.63) is 45.6 Å². The fraction of sp³-hybridized carbons (Fsp3) is 0.471. The molecule has 2 heterocycles. The van der Waals surface area contributed by atoms with Gasteiger partial charge in [0.15, 0.2) is 0 Å². The molecule has 0 radical (unpaired) electrons. The van der Waals surface area contributed by atoms with E-state index in [-0.39, 0.29) is 23.0 Å². The summed E-state index contributed by atoms with van der Waals surface area (Å²) in [5.41, 5.74) is -1.31. The first-order chi connectivity index (χ1) is 12.7. The Hall–Kier alpha value is -2.78. The van der Waals surface area contributed by atoms with E-state index in [1.165, 1.54) is 10.7 Å². The number of amides is 1. The van der Waals surface area contributed by atoms with Gasteiger partial charge < -0.3 is 10.1 Å². The maximum Gasteiger partial charge on any atom is 0.419 e. The molecule has 1 amide bonds. The summed E-state index contributed by atoms with van der Waals surface area (Å²) in [6.07, 6.45) is -3.09. The third-order valence-electron chi connectivity index (χ3n) is 4.60. The third kappa shape index (κ3) is 3.83. The van der Waals surface area contributed by atoms with Crippen LogP contribution in [0.4, 0.5) is 13.2 Å². The average Bonchev–Trinajstić information content (AvgIpc) is 2.78. The van der Waals surface area contributed by atoms with Crippen molar-refractivity contribution < 1.29 is 22.7 Å². The van der Waals surface area contributed by atoms with Crippen LogP contribution in [0.15, 0.2) is 23.0 Å². The number of nitrogens with one attached hydrogen (secondary N) is 1. The number of benzene rings is 1. The second-order valence-electron chi connectivity index (χ2n) is 6.38. The van der Waals surface area contributed by atoms with Gasteiger partial charge in [-0.1, -0.05) is 0 Å². The molecule has 1 aliphatic rings. The lowest BCUT2D eigenvalue weighted by Crippen LogP contribution is -2.35. The Morgan fingerprint density at radius 2 is 2.07 bits per heavy atom. The van der Waals surface area contributed by atoms with Crippen molar-refractivity contribution >= 4 is 5.91 Å². The number of carbonyl (C=O) groups is 1. The molecule has 1 N–H and O–H groups in total. The van der Waals surface area contributed by atoms with Gasteiger partial charge in [0.1, 0.15) is 11.6 Å². The van der Waals surface area contributed by atoms with Crippen molar-refractivity contribution in [1.29, 1.82) is 0 Å². The van der Waals surface area contributed by atoms with E-state index in [4.69, 9.17) is 4.74 Å². The van der Waals surface area contributed by atoms with Crippen molar-refractivity contribution in [2.24, 2.45) is 7.05 Å². The predicted molar refractivity (Wildman–Crippen MR) is 89.7 cm³/mol. The molecule has 7 nitrogen and oxygen atoms in total. The zero-order chi connectivity index (χ0) is 19.8. The first-order valence-corrected chi connectivity index (χ1v) is 8.39. The summed E-state index contributed by atoms with van der Waals surface area (Å²) in [4.78, 5) is 24.4. The van der Waals surface area contributed by atoms with Gasteiger partial charge in [-0.25, -0.2) is 9.48 Å². The highest BCUT2D eigenvalue weighted by Gasteiger charge is 2.35. The predicted octanol–water partition coefficient (Wildman–Crippen LogP) is 1.74. The summed E-state index contributed by atoms with van der Waals surface area (Å²) in [6.45, 7) is 0.392. The van der Waals surface area contributed by atoms with E-state index in [0.29, 0.717) is 31.6 Å². The van der Waals surface area contributed by atoms with Crippen LogP contribution in [0.2, 0.25) is 0 Å².